The summed E-state index contributed by atoms with van der Waals surface area (Å²) in [5.41, 5.74) is 1.79. The molecule has 2 aromatic carbocycles. The van der Waals surface area contributed by atoms with E-state index in [0.29, 0.717) is 25.8 Å². The number of halogens is 3. The van der Waals surface area contributed by atoms with Crippen molar-refractivity contribution in [1.82, 2.24) is 14.9 Å². The van der Waals surface area contributed by atoms with E-state index in [2.05, 4.69) is 15.3 Å². The van der Waals surface area contributed by atoms with Gasteiger partial charge in [-0.05, 0) is 29.8 Å². The molecule has 0 radical (unpaired) electrons. The lowest BCUT2D eigenvalue weighted by atomic mass is 10.2. The molecule has 24 heavy (non-hydrogen) atoms. The molecular weight excluding hydrogens is 387 g/mol. The van der Waals surface area contributed by atoms with Crippen LogP contribution in [-0.2, 0) is 5.75 Å². The van der Waals surface area contributed by atoms with Gasteiger partial charge in [-0.1, -0.05) is 64.8 Å². The highest BCUT2D eigenvalue weighted by molar-refractivity contribution is 7.98. The molecule has 0 aliphatic rings. The third-order valence-electron chi connectivity index (χ3n) is 3.09. The Bertz CT molecular complexity index is 842. The lowest BCUT2D eigenvalue weighted by molar-refractivity contribution is 0.767. The average Bonchev–Trinajstić information content (AvgIpc) is 3.01. The van der Waals surface area contributed by atoms with Crippen LogP contribution in [0.5, 0.6) is 0 Å². The third kappa shape index (κ3) is 4.30. The van der Waals surface area contributed by atoms with Gasteiger partial charge in [0, 0.05) is 16.3 Å². The predicted molar refractivity (Wildman–Crippen MR) is 100 cm³/mol. The van der Waals surface area contributed by atoms with Crippen LogP contribution in [0.3, 0.4) is 0 Å². The Balaban J connectivity index is 1.73. The molecule has 0 aliphatic heterocycles. The summed E-state index contributed by atoms with van der Waals surface area (Å²) in [6.07, 6.45) is 3.13. The van der Waals surface area contributed by atoms with Crippen molar-refractivity contribution in [2.75, 3.05) is 0 Å². The van der Waals surface area contributed by atoms with Gasteiger partial charge in [0.05, 0.1) is 16.3 Å². The number of rotatable bonds is 5. The van der Waals surface area contributed by atoms with Crippen LogP contribution < -0.4 is 0 Å². The van der Waals surface area contributed by atoms with Crippen molar-refractivity contribution in [1.29, 1.82) is 0 Å². The summed E-state index contributed by atoms with van der Waals surface area (Å²) >= 11 is 19.7. The maximum absolute atomic E-state index is 6.13. The summed E-state index contributed by atoms with van der Waals surface area (Å²) in [4.78, 5) is 0. The maximum Gasteiger partial charge on any atom is 0.212 e. The molecule has 3 aromatic rings. The maximum atomic E-state index is 6.13. The van der Waals surface area contributed by atoms with Gasteiger partial charge in [-0.2, -0.15) is 9.78 Å². The first kappa shape index (κ1) is 17.3. The summed E-state index contributed by atoms with van der Waals surface area (Å²) < 4.78 is 1.58. The lowest BCUT2D eigenvalue weighted by Crippen LogP contribution is -1.94. The van der Waals surface area contributed by atoms with Gasteiger partial charge in [0.2, 0.25) is 5.16 Å². The Morgan fingerprint density at radius 2 is 1.75 bits per heavy atom. The van der Waals surface area contributed by atoms with Gasteiger partial charge in [0.15, 0.2) is 0 Å². The van der Waals surface area contributed by atoms with Crippen molar-refractivity contribution in [2.45, 2.75) is 10.9 Å². The zero-order chi connectivity index (χ0) is 16.9. The third-order valence-corrected chi connectivity index (χ3v) is 5.01. The molecule has 1 aromatic heterocycles. The minimum absolute atomic E-state index is 0.537. The summed E-state index contributed by atoms with van der Waals surface area (Å²) in [5.74, 6) is 0.734. The van der Waals surface area contributed by atoms with Crippen molar-refractivity contribution in [3.8, 4) is 0 Å². The van der Waals surface area contributed by atoms with Crippen molar-refractivity contribution in [3.05, 3.63) is 75.0 Å². The summed E-state index contributed by atoms with van der Waals surface area (Å²) in [6, 6.07) is 13.0. The fraction of sp³-hybridized carbons (Fsp3) is 0.0625. The standard InChI is InChI=1S/C16H11Cl3N4S/c17-12-6-4-11(5-7-12)9-24-16-22-20-10-23(16)21-8-13-14(18)2-1-3-15(13)19/h1-8,10H,9H2. The van der Waals surface area contributed by atoms with E-state index in [1.165, 1.54) is 18.1 Å². The summed E-state index contributed by atoms with van der Waals surface area (Å²) in [5, 5.41) is 14.8. The van der Waals surface area contributed by atoms with Gasteiger partial charge in [0.1, 0.15) is 6.33 Å². The summed E-state index contributed by atoms with van der Waals surface area (Å²) in [7, 11) is 0. The normalized spacial score (nSPS) is 11.3. The summed E-state index contributed by atoms with van der Waals surface area (Å²) in [6.45, 7) is 0. The molecular formula is C16H11Cl3N4S. The number of thioether (sulfide) groups is 1. The highest BCUT2D eigenvalue weighted by atomic mass is 35.5. The smallest absolute Gasteiger partial charge is 0.195 e. The van der Waals surface area contributed by atoms with E-state index in [1.54, 1.807) is 29.1 Å². The van der Waals surface area contributed by atoms with Gasteiger partial charge < -0.3 is 0 Å². The van der Waals surface area contributed by atoms with Crippen molar-refractivity contribution in [3.63, 3.8) is 0 Å². The molecule has 0 amide bonds. The van der Waals surface area contributed by atoms with E-state index in [9.17, 15) is 0 Å². The molecule has 0 unspecified atom stereocenters. The zero-order valence-corrected chi connectivity index (χ0v) is 15.3. The Hall–Kier alpha value is -1.53. The van der Waals surface area contributed by atoms with E-state index in [4.69, 9.17) is 34.8 Å². The average molecular weight is 398 g/mol. The molecule has 3 rings (SSSR count). The number of benzene rings is 2. The van der Waals surface area contributed by atoms with Crippen molar-refractivity contribution in [2.24, 2.45) is 5.10 Å². The molecule has 122 valence electrons. The molecule has 0 saturated heterocycles. The van der Waals surface area contributed by atoms with Gasteiger partial charge in [-0.25, -0.2) is 0 Å². The fourth-order valence-corrected chi connectivity index (χ4v) is 3.32. The van der Waals surface area contributed by atoms with Crippen LogP contribution in [0.1, 0.15) is 11.1 Å². The van der Waals surface area contributed by atoms with Gasteiger partial charge in [-0.15, -0.1) is 10.2 Å². The molecule has 0 aliphatic carbocycles. The first-order valence-corrected chi connectivity index (χ1v) is 9.01. The molecule has 0 saturated carbocycles. The van der Waals surface area contributed by atoms with Crippen LogP contribution in [0, 0.1) is 0 Å². The second kappa shape index (κ2) is 8.03. The highest BCUT2D eigenvalue weighted by Crippen LogP contribution is 2.24. The molecule has 0 spiro atoms. The Morgan fingerprint density at radius 3 is 2.46 bits per heavy atom. The van der Waals surface area contributed by atoms with Crippen LogP contribution in [0.2, 0.25) is 15.1 Å². The van der Waals surface area contributed by atoms with Gasteiger partial charge in [0.25, 0.3) is 0 Å². The molecule has 0 bridgehead atoms. The number of hydrogen-bond acceptors (Lipinski definition) is 4. The van der Waals surface area contributed by atoms with Crippen molar-refractivity contribution >= 4 is 52.8 Å². The van der Waals surface area contributed by atoms with E-state index >= 15 is 0 Å². The minimum Gasteiger partial charge on any atom is -0.195 e. The highest BCUT2D eigenvalue weighted by Gasteiger charge is 2.06. The second-order valence-electron chi connectivity index (χ2n) is 4.75. The minimum atomic E-state index is 0.537. The Morgan fingerprint density at radius 1 is 1.04 bits per heavy atom. The first-order valence-electron chi connectivity index (χ1n) is 6.89. The monoisotopic (exact) mass is 396 g/mol. The number of hydrogen-bond donors (Lipinski definition) is 0. The number of aromatic nitrogens is 3. The van der Waals surface area contributed by atoms with Crippen LogP contribution in [0.15, 0.2) is 59.0 Å². The van der Waals surface area contributed by atoms with E-state index in [-0.39, 0.29) is 0 Å². The predicted octanol–water partition coefficient (Wildman–Crippen LogP) is 5.41. The first-order chi connectivity index (χ1) is 11.6. The molecule has 4 nitrogen and oxygen atoms in total. The van der Waals surface area contributed by atoms with Gasteiger partial charge >= 0.3 is 0 Å². The zero-order valence-electron chi connectivity index (χ0n) is 12.2. The molecule has 0 fully saturated rings. The fourth-order valence-electron chi connectivity index (χ4n) is 1.88. The Kier molecular flexibility index (Phi) is 5.79. The molecule has 0 atom stereocenters. The quantitative estimate of drug-likeness (QED) is 0.427. The SMILES string of the molecule is Clc1ccc(CSc2nncn2N=Cc2c(Cl)cccc2Cl)cc1. The van der Waals surface area contributed by atoms with Crippen LogP contribution >= 0.6 is 46.6 Å². The number of nitrogens with zero attached hydrogens (tertiary/aromatic N) is 4. The molecule has 1 heterocycles. The van der Waals surface area contributed by atoms with E-state index < -0.39 is 0 Å². The van der Waals surface area contributed by atoms with Crippen molar-refractivity contribution < 1.29 is 0 Å². The Labute approximate surface area is 158 Å². The molecule has 0 N–H and O–H groups in total. The van der Waals surface area contributed by atoms with Crippen LogP contribution in [-0.4, -0.2) is 21.1 Å². The van der Waals surface area contributed by atoms with Crippen LogP contribution in [0.4, 0.5) is 0 Å². The topological polar surface area (TPSA) is 43.1 Å². The van der Waals surface area contributed by atoms with E-state index in [1.807, 2.05) is 24.3 Å². The second-order valence-corrected chi connectivity index (χ2v) is 6.95. The van der Waals surface area contributed by atoms with E-state index in [0.717, 1.165) is 11.3 Å². The molecule has 8 heteroatoms. The largest absolute Gasteiger partial charge is 0.212 e. The lowest BCUT2D eigenvalue weighted by Gasteiger charge is -2.03. The van der Waals surface area contributed by atoms with Gasteiger partial charge in [-0.3, -0.25) is 0 Å². The van der Waals surface area contributed by atoms with Crippen LogP contribution in [0.25, 0.3) is 0 Å².